The molecule has 2 aromatic carbocycles. The van der Waals surface area contributed by atoms with E-state index in [4.69, 9.17) is 9.47 Å². The van der Waals surface area contributed by atoms with Crippen molar-refractivity contribution in [2.45, 2.75) is 115 Å². The summed E-state index contributed by atoms with van der Waals surface area (Å²) in [7, 11) is 0. The normalized spacial score (nSPS) is 12.2. The summed E-state index contributed by atoms with van der Waals surface area (Å²) in [6.07, 6.45) is 2.14. The molecule has 0 heterocycles. The molecule has 188 valence electrons. The van der Waals surface area contributed by atoms with Gasteiger partial charge in [0, 0.05) is 0 Å². The van der Waals surface area contributed by atoms with E-state index >= 15 is 0 Å². The highest BCUT2D eigenvalue weighted by Crippen LogP contribution is 2.29. The van der Waals surface area contributed by atoms with Crippen molar-refractivity contribution in [3.8, 4) is 11.5 Å². The SMILES string of the molecule is C.CC(C)(C)Cc1ccc(OC(C)(C)C)cc1.CC(C)(C)Cc1ccccc1OC(C)(C)C. The summed E-state index contributed by atoms with van der Waals surface area (Å²) in [5.41, 5.74) is 3.04. The Morgan fingerprint density at radius 1 is 0.545 bits per heavy atom. The first-order valence-corrected chi connectivity index (χ1v) is 11.9. The average Bonchev–Trinajstić information content (AvgIpc) is 2.54. The van der Waals surface area contributed by atoms with Gasteiger partial charge in [-0.15, -0.1) is 0 Å². The van der Waals surface area contributed by atoms with Crippen LogP contribution in [0.5, 0.6) is 11.5 Å². The predicted molar refractivity (Wildman–Crippen MR) is 147 cm³/mol. The Kier molecular flexibility index (Phi) is 11.2. The molecule has 2 rings (SSSR count). The van der Waals surface area contributed by atoms with E-state index in [0.29, 0.717) is 5.41 Å². The van der Waals surface area contributed by atoms with Crippen molar-refractivity contribution in [3.63, 3.8) is 0 Å². The lowest BCUT2D eigenvalue weighted by atomic mass is 9.88. The van der Waals surface area contributed by atoms with Gasteiger partial charge in [0.15, 0.2) is 0 Å². The van der Waals surface area contributed by atoms with Gasteiger partial charge in [0.1, 0.15) is 22.7 Å². The minimum atomic E-state index is -0.131. The van der Waals surface area contributed by atoms with Crippen LogP contribution in [0.1, 0.15) is 102 Å². The fraction of sp³-hybridized carbons (Fsp3) is 0.613. The molecule has 0 atom stereocenters. The van der Waals surface area contributed by atoms with Crippen molar-refractivity contribution in [2.24, 2.45) is 10.8 Å². The summed E-state index contributed by atoms with van der Waals surface area (Å²) in [6.45, 7) is 26.0. The Morgan fingerprint density at radius 3 is 1.42 bits per heavy atom. The van der Waals surface area contributed by atoms with Gasteiger partial charge in [0.05, 0.1) is 0 Å². The molecule has 0 aliphatic heterocycles. The fourth-order valence-electron chi connectivity index (χ4n) is 3.29. The number of para-hydroxylation sites is 1. The van der Waals surface area contributed by atoms with Gasteiger partial charge in [-0.2, -0.15) is 0 Å². The summed E-state index contributed by atoms with van der Waals surface area (Å²) >= 11 is 0. The third-order valence-corrected chi connectivity index (χ3v) is 4.19. The van der Waals surface area contributed by atoms with Gasteiger partial charge in [-0.1, -0.05) is 79.3 Å². The van der Waals surface area contributed by atoms with Gasteiger partial charge in [0.2, 0.25) is 0 Å². The molecule has 0 unspecified atom stereocenters. The van der Waals surface area contributed by atoms with Crippen LogP contribution in [0.2, 0.25) is 0 Å². The summed E-state index contributed by atoms with van der Waals surface area (Å²) in [5, 5.41) is 0. The zero-order chi connectivity index (χ0) is 24.8. The molecule has 0 N–H and O–H groups in total. The Labute approximate surface area is 206 Å². The molecule has 0 saturated carbocycles. The molecule has 0 aliphatic rings. The Hall–Kier alpha value is -1.96. The predicted octanol–water partition coefficient (Wildman–Crippen LogP) is 9.54. The maximum absolute atomic E-state index is 5.98. The van der Waals surface area contributed by atoms with E-state index in [-0.39, 0.29) is 24.0 Å². The van der Waals surface area contributed by atoms with Crippen LogP contribution in [0, 0.1) is 10.8 Å². The first kappa shape index (κ1) is 31.0. The molecular weight excluding hydrogens is 404 g/mol. The standard InChI is InChI=1S/2C15H24O.CH4/c1-14(2,3)11-12-7-9-13(10-8-12)16-15(4,5)6;1-14(2,3)11-12-9-7-8-10-13(12)16-15(4,5)6;/h2*7-10H,11H2,1-6H3;1H4. The zero-order valence-electron chi connectivity index (χ0n) is 22.8. The topological polar surface area (TPSA) is 18.5 Å². The number of rotatable bonds is 4. The lowest BCUT2D eigenvalue weighted by Crippen LogP contribution is -2.24. The van der Waals surface area contributed by atoms with Crippen molar-refractivity contribution < 1.29 is 9.47 Å². The van der Waals surface area contributed by atoms with Crippen LogP contribution in [0.4, 0.5) is 0 Å². The van der Waals surface area contributed by atoms with E-state index in [1.54, 1.807) is 0 Å². The van der Waals surface area contributed by atoms with Crippen LogP contribution in [0.15, 0.2) is 48.5 Å². The van der Waals surface area contributed by atoms with E-state index in [1.807, 2.05) is 6.07 Å². The van der Waals surface area contributed by atoms with Crippen molar-refractivity contribution in [2.75, 3.05) is 0 Å². The second kappa shape index (κ2) is 12.0. The molecule has 33 heavy (non-hydrogen) atoms. The maximum atomic E-state index is 5.98. The van der Waals surface area contributed by atoms with Gasteiger partial charge in [-0.25, -0.2) is 0 Å². The Bertz CT molecular complexity index is 734. The lowest BCUT2D eigenvalue weighted by Gasteiger charge is -2.26. The summed E-state index contributed by atoms with van der Waals surface area (Å²) < 4.78 is 11.8. The Balaban J connectivity index is 0.000000602. The molecule has 2 aromatic rings. The summed E-state index contributed by atoms with van der Waals surface area (Å²) in [4.78, 5) is 0. The average molecular weight is 457 g/mol. The molecule has 0 bridgehead atoms. The maximum Gasteiger partial charge on any atom is 0.123 e. The van der Waals surface area contributed by atoms with Crippen LogP contribution in [0.3, 0.4) is 0 Å². The molecule has 0 spiro atoms. The third kappa shape index (κ3) is 15.5. The van der Waals surface area contributed by atoms with Crippen molar-refractivity contribution in [1.29, 1.82) is 0 Å². The van der Waals surface area contributed by atoms with Crippen LogP contribution in [0.25, 0.3) is 0 Å². The van der Waals surface area contributed by atoms with Gasteiger partial charge < -0.3 is 9.47 Å². The zero-order valence-corrected chi connectivity index (χ0v) is 22.8. The smallest absolute Gasteiger partial charge is 0.123 e. The highest BCUT2D eigenvalue weighted by molar-refractivity contribution is 5.34. The van der Waals surface area contributed by atoms with E-state index in [2.05, 4.69) is 126 Å². The second-order valence-corrected chi connectivity index (χ2v) is 13.2. The highest BCUT2D eigenvalue weighted by atomic mass is 16.5. The summed E-state index contributed by atoms with van der Waals surface area (Å²) in [5.74, 6) is 1.97. The van der Waals surface area contributed by atoms with Gasteiger partial charge >= 0.3 is 0 Å². The van der Waals surface area contributed by atoms with Crippen LogP contribution < -0.4 is 9.47 Å². The van der Waals surface area contributed by atoms with Crippen molar-refractivity contribution in [3.05, 3.63) is 59.7 Å². The molecule has 0 fully saturated rings. The van der Waals surface area contributed by atoms with Crippen LogP contribution >= 0.6 is 0 Å². The number of ether oxygens (including phenoxy) is 2. The molecule has 2 heteroatoms. The van der Waals surface area contributed by atoms with Crippen LogP contribution in [-0.4, -0.2) is 11.2 Å². The van der Waals surface area contributed by atoms with Gasteiger partial charge in [0.25, 0.3) is 0 Å². The van der Waals surface area contributed by atoms with E-state index < -0.39 is 0 Å². The quantitative estimate of drug-likeness (QED) is 0.456. The minimum Gasteiger partial charge on any atom is -0.488 e. The molecule has 0 aromatic heterocycles. The third-order valence-electron chi connectivity index (χ3n) is 4.19. The van der Waals surface area contributed by atoms with E-state index in [1.165, 1.54) is 11.1 Å². The van der Waals surface area contributed by atoms with Crippen molar-refractivity contribution >= 4 is 0 Å². The molecule has 0 radical (unpaired) electrons. The fourth-order valence-corrected chi connectivity index (χ4v) is 3.29. The Morgan fingerprint density at radius 2 is 1.00 bits per heavy atom. The highest BCUT2D eigenvalue weighted by Gasteiger charge is 2.18. The second-order valence-electron chi connectivity index (χ2n) is 13.2. The van der Waals surface area contributed by atoms with E-state index in [9.17, 15) is 0 Å². The minimum absolute atomic E-state index is 0. The number of hydrogen-bond acceptors (Lipinski definition) is 2. The molecular formula is C31H52O2. The van der Waals surface area contributed by atoms with Gasteiger partial charge in [-0.3, -0.25) is 0 Å². The monoisotopic (exact) mass is 456 g/mol. The molecule has 0 aliphatic carbocycles. The first-order chi connectivity index (χ1) is 14.3. The largest absolute Gasteiger partial charge is 0.488 e. The van der Waals surface area contributed by atoms with Crippen LogP contribution in [-0.2, 0) is 12.8 Å². The molecule has 2 nitrogen and oxygen atoms in total. The van der Waals surface area contributed by atoms with E-state index in [0.717, 1.165) is 24.3 Å². The number of benzene rings is 2. The van der Waals surface area contributed by atoms with Crippen molar-refractivity contribution in [1.82, 2.24) is 0 Å². The number of hydrogen-bond donors (Lipinski definition) is 0. The summed E-state index contributed by atoms with van der Waals surface area (Å²) in [6, 6.07) is 16.8. The molecule has 0 saturated heterocycles. The molecule has 0 amide bonds. The lowest BCUT2D eigenvalue weighted by molar-refractivity contribution is 0.128. The first-order valence-electron chi connectivity index (χ1n) is 11.9. The van der Waals surface area contributed by atoms with Gasteiger partial charge in [-0.05, 0) is 94.5 Å².